The van der Waals surface area contributed by atoms with Crippen LogP contribution in [0, 0.1) is 0 Å². The Bertz CT molecular complexity index is 95.0. The number of aliphatic hydroxyl groups is 1. The van der Waals surface area contributed by atoms with Crippen LogP contribution in [0.15, 0.2) is 0 Å². The number of hydrogen-bond acceptors (Lipinski definition) is 2. The molecule has 9 heavy (non-hydrogen) atoms. The summed E-state index contributed by atoms with van der Waals surface area (Å²) in [4.78, 5) is 10.4. The molecule has 3 nitrogen and oxygen atoms in total. The Balaban J connectivity index is 3.17. The van der Waals surface area contributed by atoms with E-state index in [9.17, 15) is 4.79 Å². The topological polar surface area (TPSA) is 49.3 Å². The van der Waals surface area contributed by atoms with Crippen molar-refractivity contribution >= 4 is 17.5 Å². The number of amides is 1. The first-order valence-electron chi connectivity index (χ1n) is 2.67. The molecule has 1 unspecified atom stereocenters. The number of hydrogen-bond donors (Lipinski definition) is 2. The Morgan fingerprint density at radius 2 is 2.44 bits per heavy atom. The van der Waals surface area contributed by atoms with Crippen molar-refractivity contribution < 1.29 is 9.90 Å². The van der Waals surface area contributed by atoms with Crippen molar-refractivity contribution in [3.63, 3.8) is 0 Å². The monoisotopic (exact) mass is 151 g/mol. The standard InChI is InChI=1S/C5H10ClNO2/c1-4(8)3-7-5(9)2-6/h4,8H,2-3H2,1H3,(H,7,9). The van der Waals surface area contributed by atoms with E-state index >= 15 is 0 Å². The highest BCUT2D eigenvalue weighted by Crippen LogP contribution is 1.77. The summed E-state index contributed by atoms with van der Waals surface area (Å²) >= 11 is 5.14. The minimum absolute atomic E-state index is 0.0489. The largest absolute Gasteiger partial charge is 0.392 e. The average molecular weight is 152 g/mol. The maximum Gasteiger partial charge on any atom is 0.235 e. The first-order valence-corrected chi connectivity index (χ1v) is 3.21. The molecule has 1 amide bonds. The first-order chi connectivity index (χ1) is 4.16. The van der Waals surface area contributed by atoms with E-state index in [1.54, 1.807) is 6.92 Å². The van der Waals surface area contributed by atoms with Gasteiger partial charge in [0.15, 0.2) is 0 Å². The maximum absolute atomic E-state index is 10.4. The van der Waals surface area contributed by atoms with E-state index in [0.717, 1.165) is 0 Å². The Labute approximate surface area is 59.0 Å². The van der Waals surface area contributed by atoms with Crippen molar-refractivity contribution in [3.8, 4) is 0 Å². The van der Waals surface area contributed by atoms with Gasteiger partial charge in [-0.25, -0.2) is 0 Å². The third kappa shape index (κ3) is 5.59. The van der Waals surface area contributed by atoms with Gasteiger partial charge in [-0.05, 0) is 6.92 Å². The molecule has 0 spiro atoms. The smallest absolute Gasteiger partial charge is 0.235 e. The fourth-order valence-electron chi connectivity index (χ4n) is 0.309. The molecule has 0 aliphatic rings. The molecule has 0 aromatic carbocycles. The van der Waals surface area contributed by atoms with Crippen molar-refractivity contribution in [2.24, 2.45) is 0 Å². The lowest BCUT2D eigenvalue weighted by Gasteiger charge is -2.03. The van der Waals surface area contributed by atoms with Crippen LogP contribution < -0.4 is 5.32 Å². The molecular formula is C5H10ClNO2. The lowest BCUT2D eigenvalue weighted by Crippen LogP contribution is -2.31. The number of carbonyl (C=O) groups is 1. The molecule has 0 saturated carbocycles. The normalized spacial score (nSPS) is 12.8. The van der Waals surface area contributed by atoms with Crippen LogP contribution in [0.5, 0.6) is 0 Å². The molecule has 4 heteroatoms. The highest BCUT2D eigenvalue weighted by atomic mass is 35.5. The summed E-state index contributed by atoms with van der Waals surface area (Å²) in [6, 6.07) is 0. The number of rotatable bonds is 3. The van der Waals surface area contributed by atoms with Gasteiger partial charge in [-0.15, -0.1) is 11.6 Å². The fraction of sp³-hybridized carbons (Fsp3) is 0.800. The highest BCUT2D eigenvalue weighted by Gasteiger charge is 1.98. The molecular weight excluding hydrogens is 142 g/mol. The summed E-state index contributed by atoms with van der Waals surface area (Å²) in [5.74, 6) is -0.301. The van der Waals surface area contributed by atoms with E-state index in [0.29, 0.717) is 0 Å². The summed E-state index contributed by atoms with van der Waals surface area (Å²) in [6.07, 6.45) is -0.503. The van der Waals surface area contributed by atoms with Gasteiger partial charge in [0.05, 0.1) is 6.10 Å². The summed E-state index contributed by atoms with van der Waals surface area (Å²) in [5.41, 5.74) is 0. The van der Waals surface area contributed by atoms with E-state index in [4.69, 9.17) is 16.7 Å². The molecule has 1 atom stereocenters. The van der Waals surface area contributed by atoms with E-state index in [1.807, 2.05) is 0 Å². The average Bonchev–Trinajstić information content (AvgIpc) is 1.83. The van der Waals surface area contributed by atoms with Crippen molar-refractivity contribution in [2.45, 2.75) is 13.0 Å². The van der Waals surface area contributed by atoms with Gasteiger partial charge >= 0.3 is 0 Å². The van der Waals surface area contributed by atoms with Gasteiger partial charge in [0.1, 0.15) is 5.88 Å². The van der Waals surface area contributed by atoms with E-state index in [-0.39, 0.29) is 18.3 Å². The third-order valence-corrected chi connectivity index (χ3v) is 0.959. The molecule has 0 aromatic rings. The van der Waals surface area contributed by atoms with Gasteiger partial charge in [-0.3, -0.25) is 4.79 Å². The van der Waals surface area contributed by atoms with Crippen molar-refractivity contribution in [1.29, 1.82) is 0 Å². The molecule has 0 fully saturated rings. The quantitative estimate of drug-likeness (QED) is 0.546. The molecule has 2 N–H and O–H groups in total. The number of nitrogens with one attached hydrogen (secondary N) is 1. The summed E-state index contributed by atoms with van der Waals surface area (Å²) in [7, 11) is 0. The summed E-state index contributed by atoms with van der Waals surface area (Å²) < 4.78 is 0. The van der Waals surface area contributed by atoms with Crippen LogP contribution >= 0.6 is 11.6 Å². The molecule has 0 aliphatic carbocycles. The predicted molar refractivity (Wildman–Crippen MR) is 35.4 cm³/mol. The van der Waals surface area contributed by atoms with Gasteiger partial charge in [0, 0.05) is 6.54 Å². The maximum atomic E-state index is 10.4. The summed E-state index contributed by atoms with van der Waals surface area (Å²) in [6.45, 7) is 1.86. The molecule has 0 rings (SSSR count). The second-order valence-electron chi connectivity index (χ2n) is 1.79. The van der Waals surface area contributed by atoms with Gasteiger partial charge in [0.2, 0.25) is 5.91 Å². The predicted octanol–water partition coefficient (Wildman–Crippen LogP) is -0.278. The molecule has 0 heterocycles. The minimum atomic E-state index is -0.503. The Morgan fingerprint density at radius 3 is 2.78 bits per heavy atom. The zero-order valence-electron chi connectivity index (χ0n) is 5.22. The number of carbonyl (C=O) groups excluding carboxylic acids is 1. The molecule has 0 bridgehead atoms. The van der Waals surface area contributed by atoms with Crippen LogP contribution in [0.1, 0.15) is 6.92 Å². The zero-order valence-corrected chi connectivity index (χ0v) is 5.98. The van der Waals surface area contributed by atoms with Crippen molar-refractivity contribution in [1.82, 2.24) is 5.32 Å². The molecule has 0 radical (unpaired) electrons. The van der Waals surface area contributed by atoms with Crippen molar-refractivity contribution in [2.75, 3.05) is 12.4 Å². The molecule has 54 valence electrons. The van der Waals surface area contributed by atoms with Crippen LogP contribution in [0.4, 0.5) is 0 Å². The molecule has 0 saturated heterocycles. The fourth-order valence-corrected chi connectivity index (χ4v) is 0.403. The van der Waals surface area contributed by atoms with Gasteiger partial charge < -0.3 is 10.4 Å². The Kier molecular flexibility index (Phi) is 4.44. The number of aliphatic hydroxyl groups excluding tert-OH is 1. The molecule has 0 aromatic heterocycles. The first kappa shape index (κ1) is 8.72. The van der Waals surface area contributed by atoms with Gasteiger partial charge in [-0.2, -0.15) is 0 Å². The van der Waals surface area contributed by atoms with E-state index < -0.39 is 6.10 Å². The minimum Gasteiger partial charge on any atom is -0.392 e. The lowest BCUT2D eigenvalue weighted by atomic mass is 10.4. The Morgan fingerprint density at radius 1 is 1.89 bits per heavy atom. The lowest BCUT2D eigenvalue weighted by molar-refractivity contribution is -0.119. The number of halogens is 1. The van der Waals surface area contributed by atoms with E-state index in [1.165, 1.54) is 0 Å². The Hall–Kier alpha value is -0.280. The summed E-state index contributed by atoms with van der Waals surface area (Å²) in [5, 5.41) is 11.0. The highest BCUT2D eigenvalue weighted by molar-refractivity contribution is 6.27. The number of alkyl halides is 1. The van der Waals surface area contributed by atoms with Crippen LogP contribution in [-0.4, -0.2) is 29.5 Å². The second-order valence-corrected chi connectivity index (χ2v) is 2.05. The van der Waals surface area contributed by atoms with Gasteiger partial charge in [0.25, 0.3) is 0 Å². The molecule has 0 aliphatic heterocycles. The van der Waals surface area contributed by atoms with Gasteiger partial charge in [-0.1, -0.05) is 0 Å². The van der Waals surface area contributed by atoms with Crippen LogP contribution in [0.25, 0.3) is 0 Å². The SMILES string of the molecule is CC(O)CNC(=O)CCl. The van der Waals surface area contributed by atoms with Crippen LogP contribution in [-0.2, 0) is 4.79 Å². The van der Waals surface area contributed by atoms with Crippen LogP contribution in [0.3, 0.4) is 0 Å². The van der Waals surface area contributed by atoms with Crippen molar-refractivity contribution in [3.05, 3.63) is 0 Å². The van der Waals surface area contributed by atoms with Crippen LogP contribution in [0.2, 0.25) is 0 Å². The zero-order chi connectivity index (χ0) is 7.28. The van der Waals surface area contributed by atoms with E-state index in [2.05, 4.69) is 5.32 Å². The third-order valence-electron chi connectivity index (χ3n) is 0.716. The second kappa shape index (κ2) is 4.58.